The number of nitrogens with zero attached hydrogens (tertiary/aromatic N) is 2. The number of rotatable bonds is 6. The van der Waals surface area contributed by atoms with E-state index in [1.807, 2.05) is 18.2 Å². The van der Waals surface area contributed by atoms with Gasteiger partial charge in [0.25, 0.3) is 0 Å². The molecule has 0 atom stereocenters. The van der Waals surface area contributed by atoms with Crippen molar-refractivity contribution in [3.63, 3.8) is 0 Å². The Hall–Kier alpha value is -7.56. The Morgan fingerprint density at radius 3 is 1.86 bits per heavy atom. The number of hydrogen-bond acceptors (Lipinski definition) is 3. The summed E-state index contributed by atoms with van der Waals surface area (Å²) in [4.78, 5) is 2.33. The fourth-order valence-corrected chi connectivity index (χ4v) is 9.10. The Kier molecular flexibility index (Phi) is 7.32. The van der Waals surface area contributed by atoms with E-state index in [0.717, 1.165) is 90.5 Å². The van der Waals surface area contributed by atoms with Gasteiger partial charge in [-0.1, -0.05) is 133 Å². The van der Waals surface area contributed by atoms with Crippen molar-refractivity contribution in [2.75, 3.05) is 4.90 Å². The Balaban J connectivity index is 1.16. The summed E-state index contributed by atoms with van der Waals surface area (Å²) in [5, 5.41) is 6.70. The highest BCUT2D eigenvalue weighted by Gasteiger charge is 2.26. The van der Waals surface area contributed by atoms with Gasteiger partial charge in [-0.2, -0.15) is 0 Å². The monoisotopic (exact) mass is 744 g/mol. The molecule has 0 radical (unpaired) electrons. The number of aromatic nitrogens is 1. The largest absolute Gasteiger partial charge is 0.454 e. The van der Waals surface area contributed by atoms with Gasteiger partial charge < -0.3 is 18.3 Å². The van der Waals surface area contributed by atoms with Gasteiger partial charge in [0.05, 0.1) is 22.4 Å². The Morgan fingerprint density at radius 1 is 0.431 bits per heavy atom. The van der Waals surface area contributed by atoms with Crippen LogP contribution in [0.3, 0.4) is 0 Å². The van der Waals surface area contributed by atoms with E-state index in [4.69, 9.17) is 8.83 Å². The molecule has 274 valence electrons. The molecule has 0 fully saturated rings. The summed E-state index contributed by atoms with van der Waals surface area (Å²) >= 11 is 0. The first-order chi connectivity index (χ1) is 28.8. The second-order valence-electron chi connectivity index (χ2n) is 15.2. The van der Waals surface area contributed by atoms with Crippen LogP contribution >= 0.6 is 0 Å². The first kappa shape index (κ1) is 32.7. The highest BCUT2D eigenvalue weighted by molar-refractivity contribution is 6.16. The lowest BCUT2D eigenvalue weighted by Gasteiger charge is -2.26. The maximum absolute atomic E-state index is 6.91. The third-order valence-electron chi connectivity index (χ3n) is 11.8. The zero-order valence-corrected chi connectivity index (χ0v) is 31.6. The molecule has 0 saturated carbocycles. The molecule has 0 bridgehead atoms. The van der Waals surface area contributed by atoms with Crippen LogP contribution in [-0.4, -0.2) is 4.57 Å². The molecule has 0 saturated heterocycles. The number of fused-ring (bicyclic) bond motifs is 9. The Bertz CT molecular complexity index is 3450. The molecule has 0 spiro atoms. The van der Waals surface area contributed by atoms with E-state index in [1.54, 1.807) is 0 Å². The molecule has 58 heavy (non-hydrogen) atoms. The van der Waals surface area contributed by atoms with Gasteiger partial charge in [-0.3, -0.25) is 0 Å². The van der Waals surface area contributed by atoms with Crippen molar-refractivity contribution in [3.05, 3.63) is 200 Å². The number of benzene rings is 8. The lowest BCUT2D eigenvalue weighted by molar-refractivity contribution is 0.666. The van der Waals surface area contributed by atoms with Crippen molar-refractivity contribution in [2.24, 2.45) is 0 Å². The molecular formula is C54H36N2O2. The predicted octanol–water partition coefficient (Wildman–Crippen LogP) is 15.5. The van der Waals surface area contributed by atoms with Gasteiger partial charge in [0.1, 0.15) is 11.2 Å². The van der Waals surface area contributed by atoms with E-state index < -0.39 is 0 Å². The van der Waals surface area contributed by atoms with Crippen molar-refractivity contribution in [2.45, 2.75) is 12.8 Å². The maximum atomic E-state index is 6.91. The second-order valence-corrected chi connectivity index (χ2v) is 15.2. The lowest BCUT2D eigenvalue weighted by atomic mass is 9.99. The van der Waals surface area contributed by atoms with Crippen LogP contribution in [0.25, 0.3) is 88.1 Å². The third-order valence-corrected chi connectivity index (χ3v) is 11.8. The SMILES string of the molecule is C1=CC(c2ccc(N(c3cccc4c3oc3ccccc34)c3cc(-n4c5ccccc5c5cc(-c6ccccc6)ccc54)cc4c3oc3ccccc34)cc2)=CCC1. The van der Waals surface area contributed by atoms with E-state index in [-0.39, 0.29) is 0 Å². The Morgan fingerprint density at radius 2 is 1.09 bits per heavy atom. The van der Waals surface area contributed by atoms with Crippen molar-refractivity contribution >= 4 is 88.3 Å². The summed E-state index contributed by atoms with van der Waals surface area (Å²) < 4.78 is 16.1. The normalized spacial score (nSPS) is 13.1. The summed E-state index contributed by atoms with van der Waals surface area (Å²) in [7, 11) is 0. The molecule has 1 aliphatic carbocycles. The molecule has 8 aromatic carbocycles. The Labute approximate surface area is 334 Å². The third kappa shape index (κ3) is 5.08. The number of anilines is 3. The minimum atomic E-state index is 0.812. The van der Waals surface area contributed by atoms with E-state index in [2.05, 4.69) is 185 Å². The molecule has 4 heteroatoms. The van der Waals surface area contributed by atoms with Crippen LogP contribution in [0.5, 0.6) is 0 Å². The van der Waals surface area contributed by atoms with Crippen LogP contribution < -0.4 is 4.90 Å². The summed E-state index contributed by atoms with van der Waals surface area (Å²) in [5.41, 5.74) is 14.4. The molecule has 12 rings (SSSR count). The molecule has 0 N–H and O–H groups in total. The van der Waals surface area contributed by atoms with Gasteiger partial charge in [0.2, 0.25) is 0 Å². The maximum Gasteiger partial charge on any atom is 0.159 e. The predicted molar refractivity (Wildman–Crippen MR) is 242 cm³/mol. The van der Waals surface area contributed by atoms with Crippen LogP contribution in [0, 0.1) is 0 Å². The molecule has 1 aliphatic rings. The highest BCUT2D eigenvalue weighted by atomic mass is 16.3. The molecule has 3 heterocycles. The second kappa shape index (κ2) is 13.0. The van der Waals surface area contributed by atoms with Gasteiger partial charge in [-0.05, 0) is 95.8 Å². The zero-order chi connectivity index (χ0) is 38.2. The van der Waals surface area contributed by atoms with Crippen molar-refractivity contribution in [1.29, 1.82) is 0 Å². The van der Waals surface area contributed by atoms with Crippen molar-refractivity contribution < 1.29 is 8.83 Å². The van der Waals surface area contributed by atoms with Gasteiger partial charge in [0.15, 0.2) is 11.2 Å². The van der Waals surface area contributed by atoms with E-state index >= 15 is 0 Å². The molecule has 0 aliphatic heterocycles. The summed E-state index contributed by atoms with van der Waals surface area (Å²) in [5.74, 6) is 0. The highest BCUT2D eigenvalue weighted by Crippen LogP contribution is 2.48. The topological polar surface area (TPSA) is 34.5 Å². The minimum absolute atomic E-state index is 0.812. The number of hydrogen-bond donors (Lipinski definition) is 0. The van der Waals surface area contributed by atoms with Gasteiger partial charge >= 0.3 is 0 Å². The first-order valence-corrected chi connectivity index (χ1v) is 20.0. The van der Waals surface area contributed by atoms with Crippen LogP contribution in [-0.2, 0) is 0 Å². The average molecular weight is 745 g/mol. The van der Waals surface area contributed by atoms with E-state index in [1.165, 1.54) is 33.0 Å². The van der Waals surface area contributed by atoms with Crippen LogP contribution in [0.15, 0.2) is 203 Å². The fraction of sp³-hybridized carbons (Fsp3) is 0.0370. The van der Waals surface area contributed by atoms with E-state index in [0.29, 0.717) is 0 Å². The zero-order valence-electron chi connectivity index (χ0n) is 31.6. The number of furan rings is 2. The van der Waals surface area contributed by atoms with Gasteiger partial charge in [-0.25, -0.2) is 0 Å². The molecular weight excluding hydrogens is 709 g/mol. The van der Waals surface area contributed by atoms with E-state index in [9.17, 15) is 0 Å². The molecule has 11 aromatic rings. The summed E-state index contributed by atoms with van der Waals surface area (Å²) in [6, 6.07) is 62.9. The summed E-state index contributed by atoms with van der Waals surface area (Å²) in [6.07, 6.45) is 8.97. The van der Waals surface area contributed by atoms with Crippen LogP contribution in [0.2, 0.25) is 0 Å². The van der Waals surface area contributed by atoms with Crippen molar-refractivity contribution in [3.8, 4) is 16.8 Å². The molecule has 0 unspecified atom stereocenters. The van der Waals surface area contributed by atoms with Gasteiger partial charge in [-0.15, -0.1) is 0 Å². The average Bonchev–Trinajstić information content (AvgIpc) is 3.97. The number of para-hydroxylation sites is 4. The van der Waals surface area contributed by atoms with Crippen LogP contribution in [0.1, 0.15) is 18.4 Å². The standard InChI is InChI=1S/C54H36N2O2/c1-3-14-35(15-4-1)37-26-29-39(30-27-37)55(49-23-13-21-44-42-19-8-11-24-51(42)57-53(44)49)50-34-40(33-46-43-20-9-12-25-52(43)58-54(46)50)56-47-22-10-7-18-41(47)45-32-38(28-31-48(45)56)36-16-5-2-6-17-36/h2-3,5-34H,1,4H2. The fourth-order valence-electron chi connectivity index (χ4n) is 9.10. The molecule has 3 aromatic heterocycles. The lowest BCUT2D eigenvalue weighted by Crippen LogP contribution is -2.11. The summed E-state index contributed by atoms with van der Waals surface area (Å²) in [6.45, 7) is 0. The van der Waals surface area contributed by atoms with Crippen molar-refractivity contribution in [1.82, 2.24) is 4.57 Å². The minimum Gasteiger partial charge on any atom is -0.454 e. The molecule has 4 nitrogen and oxygen atoms in total. The molecule has 0 amide bonds. The first-order valence-electron chi connectivity index (χ1n) is 20.0. The number of allylic oxidation sites excluding steroid dienone is 4. The van der Waals surface area contributed by atoms with Gasteiger partial charge in [0, 0.05) is 43.7 Å². The quantitative estimate of drug-likeness (QED) is 0.170. The van der Waals surface area contributed by atoms with Crippen LogP contribution in [0.4, 0.5) is 17.1 Å². The smallest absolute Gasteiger partial charge is 0.159 e.